The van der Waals surface area contributed by atoms with Crippen molar-refractivity contribution in [3.63, 3.8) is 0 Å². The van der Waals surface area contributed by atoms with Gasteiger partial charge in [0, 0.05) is 32.3 Å². The van der Waals surface area contributed by atoms with Crippen LogP contribution < -0.4 is 9.47 Å². The Labute approximate surface area is 167 Å². The lowest BCUT2D eigenvalue weighted by atomic mass is 10.1. The molecule has 0 atom stereocenters. The molecule has 4 rings (SSSR count). The van der Waals surface area contributed by atoms with Gasteiger partial charge in [-0.05, 0) is 35.9 Å². The number of rotatable bonds is 3. The summed E-state index contributed by atoms with van der Waals surface area (Å²) in [5.74, 6) is 1.21. The number of benzene rings is 2. The van der Waals surface area contributed by atoms with Gasteiger partial charge in [-0.15, -0.1) is 0 Å². The van der Waals surface area contributed by atoms with Crippen LogP contribution >= 0.6 is 11.6 Å². The molecular weight excluding hydrogens is 380 g/mol. The minimum absolute atomic E-state index is 0.0810. The van der Waals surface area contributed by atoms with Crippen LogP contribution in [-0.4, -0.2) is 54.6 Å². The highest BCUT2D eigenvalue weighted by Crippen LogP contribution is 2.32. The molecule has 0 aliphatic carbocycles. The third-order valence-electron chi connectivity index (χ3n) is 4.80. The number of nitrogens with zero attached hydrogens (tertiary/aromatic N) is 2. The lowest BCUT2D eigenvalue weighted by Gasteiger charge is -2.34. The van der Waals surface area contributed by atoms with Gasteiger partial charge in [-0.1, -0.05) is 29.8 Å². The summed E-state index contributed by atoms with van der Waals surface area (Å²) in [5.41, 5.74) is 1.36. The summed E-state index contributed by atoms with van der Waals surface area (Å²) in [7, 11) is 0. The fourth-order valence-corrected chi connectivity index (χ4v) is 3.44. The summed E-state index contributed by atoms with van der Waals surface area (Å²) in [4.78, 5) is 28.5. The summed E-state index contributed by atoms with van der Waals surface area (Å²) in [6.45, 7) is 2.15. The summed E-state index contributed by atoms with van der Waals surface area (Å²) in [6.07, 6.45) is 3.30. The number of ether oxygens (including phenoxy) is 2. The molecule has 2 aliphatic rings. The first-order chi connectivity index (χ1) is 13.6. The van der Waals surface area contributed by atoms with Gasteiger partial charge in [0.05, 0.1) is 10.6 Å². The molecule has 7 heteroatoms. The van der Waals surface area contributed by atoms with Gasteiger partial charge in [-0.25, -0.2) is 0 Å². The zero-order valence-electron chi connectivity index (χ0n) is 15.1. The van der Waals surface area contributed by atoms with Crippen LogP contribution in [0.3, 0.4) is 0 Å². The lowest BCUT2D eigenvalue weighted by molar-refractivity contribution is -0.127. The molecule has 1 saturated heterocycles. The zero-order valence-corrected chi connectivity index (χ0v) is 15.9. The maximum absolute atomic E-state index is 12.6. The smallest absolute Gasteiger partial charge is 0.255 e. The molecule has 0 N–H and O–H groups in total. The molecule has 2 heterocycles. The number of hydrogen-bond donors (Lipinski definition) is 0. The molecule has 2 amide bonds. The van der Waals surface area contributed by atoms with E-state index >= 15 is 0 Å². The minimum atomic E-state index is -0.103. The molecule has 0 spiro atoms. The molecule has 2 aliphatic heterocycles. The summed E-state index contributed by atoms with van der Waals surface area (Å²) >= 11 is 6.11. The average molecular weight is 399 g/mol. The number of piperazine rings is 1. The zero-order chi connectivity index (χ0) is 19.5. The quantitative estimate of drug-likeness (QED) is 0.745. The Morgan fingerprint density at radius 2 is 1.64 bits per heavy atom. The Kier molecular flexibility index (Phi) is 5.21. The van der Waals surface area contributed by atoms with Crippen LogP contribution in [0.1, 0.15) is 15.9 Å². The SMILES string of the molecule is O=C(C=Cc1ccc2c(c1)OCO2)N1CCN(C(=O)c2ccccc2Cl)CC1. The van der Waals surface area contributed by atoms with Crippen LogP contribution in [0.2, 0.25) is 5.02 Å². The Balaban J connectivity index is 1.34. The van der Waals surface area contributed by atoms with Crippen LogP contribution in [0, 0.1) is 0 Å². The van der Waals surface area contributed by atoms with E-state index < -0.39 is 0 Å². The van der Waals surface area contributed by atoms with E-state index in [2.05, 4.69) is 0 Å². The first kappa shape index (κ1) is 18.4. The monoisotopic (exact) mass is 398 g/mol. The number of carbonyl (C=O) groups excluding carboxylic acids is 2. The van der Waals surface area contributed by atoms with Gasteiger partial charge in [0.1, 0.15) is 0 Å². The second-order valence-electron chi connectivity index (χ2n) is 6.54. The fraction of sp³-hybridized carbons (Fsp3) is 0.238. The van der Waals surface area contributed by atoms with E-state index in [1.807, 2.05) is 18.2 Å². The molecule has 28 heavy (non-hydrogen) atoms. The van der Waals surface area contributed by atoms with Gasteiger partial charge in [0.15, 0.2) is 11.5 Å². The van der Waals surface area contributed by atoms with Crippen molar-refractivity contribution in [1.29, 1.82) is 0 Å². The van der Waals surface area contributed by atoms with Crippen LogP contribution in [0.4, 0.5) is 0 Å². The fourth-order valence-electron chi connectivity index (χ4n) is 3.22. The van der Waals surface area contributed by atoms with E-state index in [9.17, 15) is 9.59 Å². The van der Waals surface area contributed by atoms with E-state index in [0.717, 1.165) is 5.56 Å². The third-order valence-corrected chi connectivity index (χ3v) is 5.13. The summed E-state index contributed by atoms with van der Waals surface area (Å²) in [5, 5.41) is 0.442. The van der Waals surface area contributed by atoms with E-state index in [0.29, 0.717) is 48.3 Å². The highest BCUT2D eigenvalue weighted by molar-refractivity contribution is 6.33. The highest BCUT2D eigenvalue weighted by atomic mass is 35.5. The Morgan fingerprint density at radius 1 is 0.929 bits per heavy atom. The van der Waals surface area contributed by atoms with Crippen LogP contribution in [0.15, 0.2) is 48.5 Å². The van der Waals surface area contributed by atoms with E-state index in [1.54, 1.807) is 46.2 Å². The van der Waals surface area contributed by atoms with Crippen molar-refractivity contribution in [2.45, 2.75) is 0 Å². The molecule has 0 unspecified atom stereocenters. The number of halogens is 1. The van der Waals surface area contributed by atoms with Gasteiger partial charge in [0.2, 0.25) is 12.7 Å². The van der Waals surface area contributed by atoms with Crippen LogP contribution in [0.25, 0.3) is 6.08 Å². The molecule has 6 nitrogen and oxygen atoms in total. The molecular formula is C21H19ClN2O4. The van der Waals surface area contributed by atoms with E-state index in [4.69, 9.17) is 21.1 Å². The van der Waals surface area contributed by atoms with Crippen molar-refractivity contribution >= 4 is 29.5 Å². The molecule has 144 valence electrons. The van der Waals surface area contributed by atoms with Crippen molar-refractivity contribution in [1.82, 2.24) is 9.80 Å². The van der Waals surface area contributed by atoms with Crippen molar-refractivity contribution < 1.29 is 19.1 Å². The third kappa shape index (κ3) is 3.82. The predicted molar refractivity (Wildman–Crippen MR) is 106 cm³/mol. The number of carbonyl (C=O) groups is 2. The van der Waals surface area contributed by atoms with Gasteiger partial charge < -0.3 is 19.3 Å². The Bertz CT molecular complexity index is 936. The topological polar surface area (TPSA) is 59.1 Å². The molecule has 0 saturated carbocycles. The molecule has 1 fully saturated rings. The molecule has 2 aromatic rings. The van der Waals surface area contributed by atoms with Crippen molar-refractivity contribution in [3.05, 3.63) is 64.7 Å². The largest absolute Gasteiger partial charge is 0.454 e. The average Bonchev–Trinajstić information content (AvgIpc) is 3.20. The van der Waals surface area contributed by atoms with Crippen molar-refractivity contribution in [2.75, 3.05) is 33.0 Å². The van der Waals surface area contributed by atoms with E-state index in [1.165, 1.54) is 0 Å². The normalized spacial score (nSPS) is 15.9. The molecule has 2 aromatic carbocycles. The number of hydrogen-bond acceptors (Lipinski definition) is 4. The minimum Gasteiger partial charge on any atom is -0.454 e. The maximum Gasteiger partial charge on any atom is 0.255 e. The molecule has 0 aromatic heterocycles. The first-order valence-electron chi connectivity index (χ1n) is 9.02. The second-order valence-corrected chi connectivity index (χ2v) is 6.95. The molecule has 0 radical (unpaired) electrons. The van der Waals surface area contributed by atoms with Crippen LogP contribution in [-0.2, 0) is 4.79 Å². The maximum atomic E-state index is 12.6. The second kappa shape index (κ2) is 7.94. The lowest BCUT2D eigenvalue weighted by Crippen LogP contribution is -2.50. The van der Waals surface area contributed by atoms with Gasteiger partial charge in [-0.2, -0.15) is 0 Å². The summed E-state index contributed by atoms with van der Waals surface area (Å²) in [6, 6.07) is 12.5. The Morgan fingerprint density at radius 3 is 2.43 bits per heavy atom. The van der Waals surface area contributed by atoms with Crippen molar-refractivity contribution in [3.8, 4) is 11.5 Å². The standard InChI is InChI=1S/C21H19ClN2O4/c22-17-4-2-1-3-16(17)21(26)24-11-9-23(10-12-24)20(25)8-6-15-5-7-18-19(13-15)28-14-27-18/h1-8,13H,9-12,14H2. The van der Waals surface area contributed by atoms with Gasteiger partial charge in [-0.3, -0.25) is 9.59 Å². The Hall–Kier alpha value is -2.99. The van der Waals surface area contributed by atoms with Crippen LogP contribution in [0.5, 0.6) is 11.5 Å². The first-order valence-corrected chi connectivity index (χ1v) is 9.40. The predicted octanol–water partition coefficient (Wildman–Crippen LogP) is 3.07. The van der Waals surface area contributed by atoms with Gasteiger partial charge >= 0.3 is 0 Å². The summed E-state index contributed by atoms with van der Waals surface area (Å²) < 4.78 is 10.6. The van der Waals surface area contributed by atoms with Gasteiger partial charge in [0.25, 0.3) is 5.91 Å². The van der Waals surface area contributed by atoms with Crippen molar-refractivity contribution in [2.24, 2.45) is 0 Å². The molecule has 0 bridgehead atoms. The number of amides is 2. The number of fused-ring (bicyclic) bond motifs is 1. The van der Waals surface area contributed by atoms with E-state index in [-0.39, 0.29) is 18.6 Å². The highest BCUT2D eigenvalue weighted by Gasteiger charge is 2.25.